The fourth-order valence-electron chi connectivity index (χ4n) is 8.75. The second-order valence-electron chi connectivity index (χ2n) is 14.7. The standard InChI is InChI=1S/C51H37N5/c1-4-14-34(15-5-1)49-52-50(35-16-6-2-7-17-35)54-51(53-49)36-24-28-40(29-25-36)56-45-22-12-10-20-41(45)43-30-26-38(33-48(43)56)37-27-31-47-44(32-37)42-21-11-13-23-46(42)55(47)39-18-8-3-9-19-39/h1,3-6,8-33,43,48H,2,7H2. The zero-order chi connectivity index (χ0) is 37.0. The summed E-state index contributed by atoms with van der Waals surface area (Å²) in [5.41, 5.74) is 12.7. The van der Waals surface area contributed by atoms with Crippen molar-refractivity contribution >= 4 is 44.3 Å². The fourth-order valence-corrected chi connectivity index (χ4v) is 8.75. The van der Waals surface area contributed by atoms with Gasteiger partial charge in [-0.2, -0.15) is 0 Å². The molecule has 2 aromatic heterocycles. The van der Waals surface area contributed by atoms with Gasteiger partial charge < -0.3 is 9.47 Å². The van der Waals surface area contributed by atoms with E-state index < -0.39 is 0 Å². The molecule has 0 amide bonds. The van der Waals surface area contributed by atoms with E-state index in [1.165, 1.54) is 49.9 Å². The minimum Gasteiger partial charge on any atom is -0.333 e. The number of hydrogen-bond acceptors (Lipinski definition) is 4. The van der Waals surface area contributed by atoms with Crippen molar-refractivity contribution in [3.8, 4) is 28.5 Å². The molecule has 0 saturated carbocycles. The molecule has 0 radical (unpaired) electrons. The van der Waals surface area contributed by atoms with Crippen LogP contribution < -0.4 is 4.90 Å². The number of aromatic nitrogens is 4. The molecule has 0 N–H and O–H groups in total. The first-order valence-electron chi connectivity index (χ1n) is 19.4. The summed E-state index contributed by atoms with van der Waals surface area (Å²) in [6.45, 7) is 0. The largest absolute Gasteiger partial charge is 0.333 e. The van der Waals surface area contributed by atoms with Crippen molar-refractivity contribution in [3.63, 3.8) is 0 Å². The predicted molar refractivity (Wildman–Crippen MR) is 230 cm³/mol. The molecule has 0 bridgehead atoms. The third kappa shape index (κ3) is 5.43. The molecule has 6 aromatic carbocycles. The van der Waals surface area contributed by atoms with E-state index in [9.17, 15) is 0 Å². The Balaban J connectivity index is 0.975. The summed E-state index contributed by atoms with van der Waals surface area (Å²) in [5, 5.41) is 2.52. The number of benzene rings is 6. The lowest BCUT2D eigenvalue weighted by Crippen LogP contribution is -2.29. The van der Waals surface area contributed by atoms with Gasteiger partial charge in [-0.3, -0.25) is 0 Å². The van der Waals surface area contributed by atoms with Crippen LogP contribution in [0.15, 0.2) is 188 Å². The van der Waals surface area contributed by atoms with Gasteiger partial charge in [0, 0.05) is 50.5 Å². The smallest absolute Gasteiger partial charge is 0.164 e. The summed E-state index contributed by atoms with van der Waals surface area (Å²) in [6.07, 6.45) is 15.8. The monoisotopic (exact) mass is 719 g/mol. The van der Waals surface area contributed by atoms with E-state index >= 15 is 0 Å². The number of hydrogen-bond donors (Lipinski definition) is 0. The molecular weight excluding hydrogens is 683 g/mol. The van der Waals surface area contributed by atoms with E-state index in [4.69, 9.17) is 15.0 Å². The third-order valence-electron chi connectivity index (χ3n) is 11.4. The first kappa shape index (κ1) is 32.3. The van der Waals surface area contributed by atoms with E-state index in [-0.39, 0.29) is 12.0 Å². The number of nitrogens with zero attached hydrogens (tertiary/aromatic N) is 5. The van der Waals surface area contributed by atoms with Crippen LogP contribution in [0.2, 0.25) is 0 Å². The van der Waals surface area contributed by atoms with Crippen LogP contribution in [-0.2, 0) is 0 Å². The summed E-state index contributed by atoms with van der Waals surface area (Å²) in [6, 6.07) is 54.2. The van der Waals surface area contributed by atoms with Crippen molar-refractivity contribution in [1.29, 1.82) is 0 Å². The molecule has 0 spiro atoms. The van der Waals surface area contributed by atoms with Gasteiger partial charge in [-0.25, -0.2) is 15.0 Å². The first-order chi connectivity index (χ1) is 27.8. The van der Waals surface area contributed by atoms with E-state index in [0.717, 1.165) is 35.2 Å². The lowest BCUT2D eigenvalue weighted by atomic mass is 9.86. The molecule has 0 saturated heterocycles. The lowest BCUT2D eigenvalue weighted by Gasteiger charge is -2.30. The molecule has 266 valence electrons. The van der Waals surface area contributed by atoms with Crippen LogP contribution in [0.1, 0.15) is 35.7 Å². The van der Waals surface area contributed by atoms with Crippen molar-refractivity contribution in [3.05, 3.63) is 205 Å². The summed E-state index contributed by atoms with van der Waals surface area (Å²) in [4.78, 5) is 17.4. The quantitative estimate of drug-likeness (QED) is 0.172. The van der Waals surface area contributed by atoms with Gasteiger partial charge in [-0.1, -0.05) is 127 Å². The molecule has 2 atom stereocenters. The van der Waals surface area contributed by atoms with Gasteiger partial charge in [0.25, 0.3) is 0 Å². The highest BCUT2D eigenvalue weighted by Gasteiger charge is 2.38. The molecular formula is C51H37N5. The van der Waals surface area contributed by atoms with Crippen molar-refractivity contribution in [2.45, 2.75) is 24.8 Å². The van der Waals surface area contributed by atoms with Gasteiger partial charge in [0.1, 0.15) is 0 Å². The Hall–Kier alpha value is -7.11. The molecule has 1 aliphatic heterocycles. The Morgan fingerprint density at radius 1 is 0.500 bits per heavy atom. The van der Waals surface area contributed by atoms with Gasteiger partial charge in [0.05, 0.1) is 17.1 Å². The van der Waals surface area contributed by atoms with Crippen molar-refractivity contribution in [2.24, 2.45) is 0 Å². The second kappa shape index (κ2) is 13.3. The summed E-state index contributed by atoms with van der Waals surface area (Å²) < 4.78 is 2.37. The zero-order valence-electron chi connectivity index (χ0n) is 30.7. The van der Waals surface area contributed by atoms with Crippen LogP contribution in [0.3, 0.4) is 0 Å². The SMILES string of the molecule is C1=CC(c2nc(-c3ccccc3)nc(-c3ccc(N4c5ccccc5C5C=CC(c6ccc7c(c6)c6ccccc6n7-c6ccccc6)=CC54)cc3)n2)=CCC1. The van der Waals surface area contributed by atoms with Crippen LogP contribution in [0.25, 0.3) is 61.4 Å². The van der Waals surface area contributed by atoms with Crippen LogP contribution in [0.5, 0.6) is 0 Å². The highest BCUT2D eigenvalue weighted by atomic mass is 15.2. The molecule has 5 heteroatoms. The summed E-state index contributed by atoms with van der Waals surface area (Å²) in [7, 11) is 0. The molecule has 2 unspecified atom stereocenters. The Labute approximate surface area is 326 Å². The van der Waals surface area contributed by atoms with Crippen LogP contribution in [-0.4, -0.2) is 25.6 Å². The van der Waals surface area contributed by atoms with Crippen molar-refractivity contribution in [1.82, 2.24) is 19.5 Å². The van der Waals surface area contributed by atoms with Gasteiger partial charge in [0.15, 0.2) is 17.5 Å². The minimum atomic E-state index is 0.123. The number of para-hydroxylation sites is 3. The van der Waals surface area contributed by atoms with E-state index in [1.807, 2.05) is 18.2 Å². The topological polar surface area (TPSA) is 46.8 Å². The zero-order valence-corrected chi connectivity index (χ0v) is 30.7. The van der Waals surface area contributed by atoms with Gasteiger partial charge in [0.2, 0.25) is 0 Å². The highest BCUT2D eigenvalue weighted by molar-refractivity contribution is 6.10. The Bertz CT molecular complexity index is 2920. The molecule has 3 aliphatic rings. The number of rotatable bonds is 6. The maximum atomic E-state index is 5.01. The van der Waals surface area contributed by atoms with Gasteiger partial charge >= 0.3 is 0 Å². The number of anilines is 2. The first-order valence-corrected chi connectivity index (χ1v) is 19.4. The Morgan fingerprint density at radius 3 is 1.98 bits per heavy atom. The second-order valence-corrected chi connectivity index (χ2v) is 14.7. The van der Waals surface area contributed by atoms with Crippen LogP contribution in [0, 0.1) is 0 Å². The van der Waals surface area contributed by atoms with E-state index in [0.29, 0.717) is 17.5 Å². The third-order valence-corrected chi connectivity index (χ3v) is 11.4. The summed E-state index contributed by atoms with van der Waals surface area (Å²) >= 11 is 0. The maximum absolute atomic E-state index is 5.01. The van der Waals surface area contributed by atoms with Gasteiger partial charge in [-0.15, -0.1) is 0 Å². The van der Waals surface area contributed by atoms with Crippen LogP contribution >= 0.6 is 0 Å². The maximum Gasteiger partial charge on any atom is 0.164 e. The highest BCUT2D eigenvalue weighted by Crippen LogP contribution is 2.49. The van der Waals surface area contributed by atoms with Crippen molar-refractivity contribution < 1.29 is 0 Å². The predicted octanol–water partition coefficient (Wildman–Crippen LogP) is 12.3. The minimum absolute atomic E-state index is 0.123. The molecule has 2 aliphatic carbocycles. The average Bonchev–Trinajstić information content (AvgIpc) is 3.79. The molecule has 3 heterocycles. The summed E-state index contributed by atoms with van der Waals surface area (Å²) in [5.74, 6) is 2.31. The number of allylic oxidation sites excluding steroid dienone is 6. The fraction of sp³-hybridized carbons (Fsp3) is 0.0784. The molecule has 56 heavy (non-hydrogen) atoms. The van der Waals surface area contributed by atoms with E-state index in [2.05, 4.69) is 179 Å². The van der Waals surface area contributed by atoms with Crippen molar-refractivity contribution in [2.75, 3.05) is 4.90 Å². The molecule has 8 aromatic rings. The van der Waals surface area contributed by atoms with E-state index in [1.54, 1.807) is 0 Å². The molecule has 5 nitrogen and oxygen atoms in total. The average molecular weight is 720 g/mol. The Kier molecular flexibility index (Phi) is 7.69. The van der Waals surface area contributed by atoms with Crippen LogP contribution in [0.4, 0.5) is 11.4 Å². The lowest BCUT2D eigenvalue weighted by molar-refractivity contribution is 0.747. The number of fused-ring (bicyclic) bond motifs is 6. The Morgan fingerprint density at radius 2 is 1.18 bits per heavy atom. The van der Waals surface area contributed by atoms with Gasteiger partial charge in [-0.05, 0) is 90.2 Å². The normalized spacial score (nSPS) is 17.2. The molecule has 11 rings (SSSR count). The molecule has 0 fully saturated rings.